The number of ether oxygens (including phenoxy) is 1. The molecule has 1 N–H and O–H groups in total. The smallest absolute Gasteiger partial charge is 0.195 e. The molecule has 0 fully saturated rings. The molecular weight excluding hydrogens is 198 g/mol. The van der Waals surface area contributed by atoms with Gasteiger partial charge in [-0.1, -0.05) is 13.8 Å². The predicted octanol–water partition coefficient (Wildman–Crippen LogP) is 2.13. The molecule has 5 heteroatoms. The van der Waals surface area contributed by atoms with Crippen LogP contribution in [-0.4, -0.2) is 21.4 Å². The van der Waals surface area contributed by atoms with E-state index < -0.39 is 0 Å². The van der Waals surface area contributed by atoms with Crippen molar-refractivity contribution in [3.63, 3.8) is 0 Å². The Labute approximate surface area is 89.3 Å². The summed E-state index contributed by atoms with van der Waals surface area (Å²) < 4.78 is 7.98. The average molecular weight is 215 g/mol. The van der Waals surface area contributed by atoms with E-state index in [4.69, 9.17) is 17.0 Å². The molecule has 14 heavy (non-hydrogen) atoms. The second-order valence-corrected chi connectivity index (χ2v) is 3.97. The maximum atomic E-state index is 5.31. The number of H-pyrrole nitrogens is 1. The van der Waals surface area contributed by atoms with E-state index in [0.717, 1.165) is 12.4 Å². The number of hydrogen-bond donors (Lipinski definition) is 1. The summed E-state index contributed by atoms with van der Waals surface area (Å²) in [7, 11) is 0. The molecular formula is C9H17N3OS. The summed E-state index contributed by atoms with van der Waals surface area (Å²) in [5, 5.41) is 6.91. The highest BCUT2D eigenvalue weighted by Crippen LogP contribution is 2.05. The lowest BCUT2D eigenvalue weighted by molar-refractivity contribution is 0.124. The summed E-state index contributed by atoms with van der Waals surface area (Å²) in [6, 6.07) is 0. The first-order valence-electron chi connectivity index (χ1n) is 4.87. The van der Waals surface area contributed by atoms with E-state index in [1.54, 1.807) is 0 Å². The van der Waals surface area contributed by atoms with Crippen LogP contribution in [0.4, 0.5) is 0 Å². The molecule has 0 bridgehead atoms. The molecule has 1 aromatic heterocycles. The zero-order valence-electron chi connectivity index (χ0n) is 8.91. The van der Waals surface area contributed by atoms with Crippen LogP contribution in [0, 0.1) is 10.7 Å². The average Bonchev–Trinajstić information content (AvgIpc) is 2.45. The Kier molecular flexibility index (Phi) is 4.28. The van der Waals surface area contributed by atoms with E-state index in [1.165, 1.54) is 0 Å². The fraction of sp³-hybridized carbons (Fsp3) is 0.778. The third-order valence-electron chi connectivity index (χ3n) is 1.82. The third kappa shape index (κ3) is 2.92. The zero-order chi connectivity index (χ0) is 10.6. The Morgan fingerprint density at radius 1 is 1.57 bits per heavy atom. The second kappa shape index (κ2) is 5.26. The van der Waals surface area contributed by atoms with Gasteiger partial charge in [-0.3, -0.25) is 5.10 Å². The lowest BCUT2D eigenvalue weighted by atomic mass is 10.2. The van der Waals surface area contributed by atoms with Gasteiger partial charge in [0.15, 0.2) is 10.6 Å². The molecule has 0 aliphatic carbocycles. The summed E-state index contributed by atoms with van der Waals surface area (Å²) in [6.07, 6.45) is 0. The topological polar surface area (TPSA) is 42.8 Å². The van der Waals surface area contributed by atoms with Gasteiger partial charge < -0.3 is 9.30 Å². The first-order chi connectivity index (χ1) is 6.65. The van der Waals surface area contributed by atoms with E-state index in [1.807, 2.05) is 11.5 Å². The second-order valence-electron chi connectivity index (χ2n) is 3.59. The Balaban J connectivity index is 2.77. The number of nitrogens with one attached hydrogen (secondary N) is 1. The molecule has 0 unspecified atom stereocenters. The van der Waals surface area contributed by atoms with Crippen molar-refractivity contribution in [1.29, 1.82) is 0 Å². The molecule has 0 radical (unpaired) electrons. The fourth-order valence-electron chi connectivity index (χ4n) is 1.21. The molecule has 0 saturated carbocycles. The Hall–Kier alpha value is -0.680. The van der Waals surface area contributed by atoms with Gasteiger partial charge in [0.25, 0.3) is 0 Å². The van der Waals surface area contributed by atoms with Crippen LogP contribution in [0.3, 0.4) is 0 Å². The quantitative estimate of drug-likeness (QED) is 0.765. The van der Waals surface area contributed by atoms with Crippen LogP contribution in [0.5, 0.6) is 0 Å². The lowest BCUT2D eigenvalue weighted by Gasteiger charge is -2.08. The predicted molar refractivity (Wildman–Crippen MR) is 57.6 cm³/mol. The minimum absolute atomic E-state index is 0.524. The van der Waals surface area contributed by atoms with Gasteiger partial charge in [0.05, 0.1) is 0 Å². The monoisotopic (exact) mass is 215 g/mol. The highest BCUT2D eigenvalue weighted by molar-refractivity contribution is 7.71. The zero-order valence-corrected chi connectivity index (χ0v) is 9.73. The van der Waals surface area contributed by atoms with E-state index in [9.17, 15) is 0 Å². The van der Waals surface area contributed by atoms with Gasteiger partial charge >= 0.3 is 0 Å². The number of rotatable bonds is 5. The molecule has 1 heterocycles. The van der Waals surface area contributed by atoms with Crippen molar-refractivity contribution in [2.75, 3.05) is 6.61 Å². The molecule has 80 valence electrons. The third-order valence-corrected chi connectivity index (χ3v) is 2.13. The summed E-state index contributed by atoms with van der Waals surface area (Å²) in [5.74, 6) is 1.44. The molecule has 0 spiro atoms. The van der Waals surface area contributed by atoms with Crippen LogP contribution in [0.15, 0.2) is 0 Å². The molecule has 1 aromatic rings. The minimum Gasteiger partial charge on any atom is -0.374 e. The number of aromatic nitrogens is 3. The Morgan fingerprint density at radius 2 is 2.29 bits per heavy atom. The van der Waals surface area contributed by atoms with Crippen LogP contribution >= 0.6 is 12.2 Å². The van der Waals surface area contributed by atoms with E-state index >= 15 is 0 Å². The maximum Gasteiger partial charge on any atom is 0.195 e. The van der Waals surface area contributed by atoms with Crippen LogP contribution in [-0.2, 0) is 17.9 Å². The van der Waals surface area contributed by atoms with Crippen molar-refractivity contribution in [2.45, 2.75) is 33.9 Å². The first kappa shape index (κ1) is 11.4. The van der Waals surface area contributed by atoms with Gasteiger partial charge in [0.1, 0.15) is 6.61 Å². The molecule has 0 aromatic carbocycles. The number of hydrogen-bond acceptors (Lipinski definition) is 3. The lowest BCUT2D eigenvalue weighted by Crippen LogP contribution is -2.10. The van der Waals surface area contributed by atoms with Gasteiger partial charge in [-0.25, -0.2) is 0 Å². The largest absolute Gasteiger partial charge is 0.374 e. The van der Waals surface area contributed by atoms with Crippen molar-refractivity contribution in [3.05, 3.63) is 10.6 Å². The van der Waals surface area contributed by atoms with Crippen molar-refractivity contribution < 1.29 is 4.74 Å². The van der Waals surface area contributed by atoms with Crippen LogP contribution in [0.25, 0.3) is 0 Å². The highest BCUT2D eigenvalue weighted by atomic mass is 32.1. The van der Waals surface area contributed by atoms with Crippen LogP contribution < -0.4 is 0 Å². The molecule has 0 atom stereocenters. The van der Waals surface area contributed by atoms with E-state index in [2.05, 4.69) is 24.0 Å². The summed E-state index contributed by atoms with van der Waals surface area (Å²) in [6.45, 7) is 8.38. The number of nitrogens with zero attached hydrogens (tertiary/aromatic N) is 2. The van der Waals surface area contributed by atoms with Gasteiger partial charge in [-0.15, -0.1) is 0 Å². The minimum atomic E-state index is 0.524. The Bertz CT molecular complexity index is 329. The molecule has 0 saturated heterocycles. The van der Waals surface area contributed by atoms with Crippen LogP contribution in [0.2, 0.25) is 0 Å². The molecule has 0 amide bonds. The Morgan fingerprint density at radius 3 is 2.86 bits per heavy atom. The van der Waals surface area contributed by atoms with E-state index in [0.29, 0.717) is 23.9 Å². The van der Waals surface area contributed by atoms with Crippen molar-refractivity contribution in [3.8, 4) is 0 Å². The summed E-state index contributed by atoms with van der Waals surface area (Å²) in [4.78, 5) is 0. The molecule has 0 aliphatic rings. The fourth-order valence-corrected chi connectivity index (χ4v) is 1.43. The molecule has 4 nitrogen and oxygen atoms in total. The summed E-state index contributed by atoms with van der Waals surface area (Å²) >= 11 is 5.13. The van der Waals surface area contributed by atoms with Crippen molar-refractivity contribution in [1.82, 2.24) is 14.8 Å². The van der Waals surface area contributed by atoms with E-state index in [-0.39, 0.29) is 0 Å². The van der Waals surface area contributed by atoms with Gasteiger partial charge in [0.2, 0.25) is 0 Å². The highest BCUT2D eigenvalue weighted by Gasteiger charge is 2.06. The normalized spacial score (nSPS) is 11.1. The SMILES string of the molecule is CCOCc1n[nH]c(=S)n1CC(C)C. The molecule has 0 aliphatic heterocycles. The van der Waals surface area contributed by atoms with Crippen molar-refractivity contribution >= 4 is 12.2 Å². The van der Waals surface area contributed by atoms with Crippen LogP contribution in [0.1, 0.15) is 26.6 Å². The van der Waals surface area contributed by atoms with Gasteiger partial charge in [0, 0.05) is 13.2 Å². The maximum absolute atomic E-state index is 5.31. The summed E-state index contributed by atoms with van der Waals surface area (Å²) in [5.41, 5.74) is 0. The number of aromatic amines is 1. The first-order valence-corrected chi connectivity index (χ1v) is 5.27. The van der Waals surface area contributed by atoms with Gasteiger partial charge in [-0.2, -0.15) is 5.10 Å². The standard InChI is InChI=1S/C9H17N3OS/c1-4-13-6-8-10-11-9(14)12(8)5-7(2)3/h7H,4-6H2,1-3H3,(H,11,14). The van der Waals surface area contributed by atoms with Gasteiger partial charge in [-0.05, 0) is 25.1 Å². The van der Waals surface area contributed by atoms with Crippen molar-refractivity contribution in [2.24, 2.45) is 5.92 Å². The molecule has 1 rings (SSSR count).